The normalized spacial score (nSPS) is 23.6. The summed E-state index contributed by atoms with van der Waals surface area (Å²) >= 11 is 1.43. The van der Waals surface area contributed by atoms with Crippen molar-refractivity contribution in [3.63, 3.8) is 0 Å². The molecule has 1 aliphatic heterocycles. The number of aryl methyl sites for hydroxylation is 1. The molecule has 5 heteroatoms. The second-order valence-electron chi connectivity index (χ2n) is 5.21. The highest BCUT2D eigenvalue weighted by Crippen LogP contribution is 2.30. The number of nitrogens with zero attached hydrogens (tertiary/aromatic N) is 2. The molecular weight excluding hydrogens is 248 g/mol. The molecule has 1 atom stereocenters. The van der Waals surface area contributed by atoms with Gasteiger partial charge in [0.15, 0.2) is 0 Å². The third kappa shape index (κ3) is 2.57. The molecule has 1 aromatic heterocycles. The molecule has 1 saturated heterocycles. The number of carbonyl (C=O) groups excluding carboxylic acids is 1. The van der Waals surface area contributed by atoms with Crippen LogP contribution >= 0.6 is 11.3 Å². The summed E-state index contributed by atoms with van der Waals surface area (Å²) in [5.74, 6) is 0.908. The lowest BCUT2D eigenvalue weighted by molar-refractivity contribution is 0.0481. The average molecular weight is 266 g/mol. The predicted octanol–water partition coefficient (Wildman–Crippen LogP) is 2.09. The third-order valence-corrected chi connectivity index (χ3v) is 4.55. The first-order valence-electron chi connectivity index (χ1n) is 6.55. The molecule has 0 bridgehead atoms. The van der Waals surface area contributed by atoms with Crippen molar-refractivity contribution in [1.82, 2.24) is 9.88 Å². The number of ether oxygens (including phenoxy) is 1. The molecule has 2 heterocycles. The third-order valence-electron chi connectivity index (χ3n) is 3.64. The minimum atomic E-state index is 0.118. The van der Waals surface area contributed by atoms with E-state index in [1.54, 1.807) is 5.51 Å². The minimum absolute atomic E-state index is 0.118. The number of aromatic nitrogens is 1. The lowest BCUT2D eigenvalue weighted by Crippen LogP contribution is -2.30. The number of thiazole rings is 1. The van der Waals surface area contributed by atoms with Crippen molar-refractivity contribution in [2.24, 2.45) is 5.92 Å². The first-order valence-corrected chi connectivity index (χ1v) is 7.43. The van der Waals surface area contributed by atoms with E-state index in [1.807, 2.05) is 11.8 Å². The van der Waals surface area contributed by atoms with Crippen LogP contribution in [0.15, 0.2) is 5.51 Å². The Morgan fingerprint density at radius 3 is 3.06 bits per heavy atom. The molecule has 2 fully saturated rings. The van der Waals surface area contributed by atoms with Gasteiger partial charge in [-0.25, -0.2) is 4.98 Å². The molecular formula is C13H18N2O2S. The minimum Gasteiger partial charge on any atom is -0.376 e. The van der Waals surface area contributed by atoms with E-state index in [4.69, 9.17) is 4.74 Å². The largest absolute Gasteiger partial charge is 0.376 e. The summed E-state index contributed by atoms with van der Waals surface area (Å²) in [7, 11) is 0. The van der Waals surface area contributed by atoms with Crippen LogP contribution in [0, 0.1) is 12.8 Å². The molecule has 1 aliphatic carbocycles. The zero-order valence-electron chi connectivity index (χ0n) is 10.6. The fraction of sp³-hybridized carbons (Fsp3) is 0.692. The summed E-state index contributed by atoms with van der Waals surface area (Å²) in [6.45, 7) is 4.32. The summed E-state index contributed by atoms with van der Waals surface area (Å²) in [6.07, 6.45) is 3.84. The lowest BCUT2D eigenvalue weighted by Gasteiger charge is -2.16. The zero-order valence-corrected chi connectivity index (χ0v) is 11.4. The van der Waals surface area contributed by atoms with Crippen LogP contribution in [0.1, 0.15) is 34.6 Å². The van der Waals surface area contributed by atoms with Crippen molar-refractivity contribution in [2.45, 2.75) is 32.3 Å². The van der Waals surface area contributed by atoms with Crippen LogP contribution < -0.4 is 0 Å². The highest BCUT2D eigenvalue weighted by atomic mass is 32.1. The number of carbonyl (C=O) groups is 1. The molecule has 0 spiro atoms. The quantitative estimate of drug-likeness (QED) is 0.838. The molecule has 1 saturated carbocycles. The van der Waals surface area contributed by atoms with E-state index in [1.165, 1.54) is 24.2 Å². The molecule has 18 heavy (non-hydrogen) atoms. The van der Waals surface area contributed by atoms with Crippen LogP contribution in [-0.2, 0) is 4.74 Å². The van der Waals surface area contributed by atoms with Crippen molar-refractivity contribution < 1.29 is 9.53 Å². The smallest absolute Gasteiger partial charge is 0.265 e. The van der Waals surface area contributed by atoms with Crippen LogP contribution in [0.5, 0.6) is 0 Å². The van der Waals surface area contributed by atoms with E-state index < -0.39 is 0 Å². The molecule has 1 amide bonds. The molecule has 0 aromatic carbocycles. The first-order chi connectivity index (χ1) is 8.74. The average Bonchev–Trinajstić information content (AvgIpc) is 2.90. The van der Waals surface area contributed by atoms with Crippen LogP contribution in [0.3, 0.4) is 0 Å². The van der Waals surface area contributed by atoms with E-state index in [0.717, 1.165) is 42.6 Å². The van der Waals surface area contributed by atoms with Crippen molar-refractivity contribution >= 4 is 17.2 Å². The molecule has 0 radical (unpaired) electrons. The number of rotatable bonds is 4. The highest BCUT2D eigenvalue weighted by molar-refractivity contribution is 7.11. The standard InChI is InChI=1S/C13H18N2O2S/c1-9-12(18-8-14-9)13(16)15-5-4-11(6-15)17-7-10-2-3-10/h8,10-11H,2-7H2,1H3. The Balaban J connectivity index is 1.54. The summed E-state index contributed by atoms with van der Waals surface area (Å²) in [4.78, 5) is 19.1. The molecule has 3 rings (SSSR count). The van der Waals surface area contributed by atoms with Crippen LogP contribution in [0.2, 0.25) is 0 Å². The van der Waals surface area contributed by atoms with Gasteiger partial charge >= 0.3 is 0 Å². The van der Waals surface area contributed by atoms with Gasteiger partial charge in [0.2, 0.25) is 0 Å². The van der Waals surface area contributed by atoms with Crippen molar-refractivity contribution in [2.75, 3.05) is 19.7 Å². The van der Waals surface area contributed by atoms with Gasteiger partial charge in [0.25, 0.3) is 5.91 Å². The second kappa shape index (κ2) is 4.97. The zero-order chi connectivity index (χ0) is 12.5. The maximum Gasteiger partial charge on any atom is 0.265 e. The lowest BCUT2D eigenvalue weighted by atomic mass is 10.3. The molecule has 1 aromatic rings. The molecule has 4 nitrogen and oxygen atoms in total. The SMILES string of the molecule is Cc1ncsc1C(=O)N1CCC(OCC2CC2)C1. The first kappa shape index (κ1) is 12.1. The fourth-order valence-corrected chi connectivity index (χ4v) is 3.03. The number of amides is 1. The summed E-state index contributed by atoms with van der Waals surface area (Å²) in [5.41, 5.74) is 2.58. The van der Waals surface area contributed by atoms with Gasteiger partial charge in [0.05, 0.1) is 17.3 Å². The van der Waals surface area contributed by atoms with E-state index >= 15 is 0 Å². The monoisotopic (exact) mass is 266 g/mol. The molecule has 2 aliphatic rings. The van der Waals surface area contributed by atoms with Gasteiger partial charge in [0, 0.05) is 19.7 Å². The van der Waals surface area contributed by atoms with Crippen LogP contribution in [-0.4, -0.2) is 41.6 Å². The van der Waals surface area contributed by atoms with E-state index in [-0.39, 0.29) is 12.0 Å². The molecule has 0 N–H and O–H groups in total. The van der Waals surface area contributed by atoms with Gasteiger partial charge < -0.3 is 9.64 Å². The second-order valence-corrected chi connectivity index (χ2v) is 6.06. The van der Waals surface area contributed by atoms with E-state index in [0.29, 0.717) is 0 Å². The Labute approximate surface area is 111 Å². The van der Waals surface area contributed by atoms with Gasteiger partial charge in [-0.3, -0.25) is 4.79 Å². The summed E-state index contributed by atoms with van der Waals surface area (Å²) < 4.78 is 5.85. The number of hydrogen-bond acceptors (Lipinski definition) is 4. The predicted molar refractivity (Wildman–Crippen MR) is 69.8 cm³/mol. The molecule has 98 valence electrons. The van der Waals surface area contributed by atoms with E-state index in [9.17, 15) is 4.79 Å². The maximum absolute atomic E-state index is 12.3. The Morgan fingerprint density at radius 1 is 1.56 bits per heavy atom. The van der Waals surface area contributed by atoms with Crippen LogP contribution in [0.25, 0.3) is 0 Å². The topological polar surface area (TPSA) is 42.4 Å². The Hall–Kier alpha value is -0.940. The Kier molecular flexibility index (Phi) is 3.35. The number of likely N-dealkylation sites (tertiary alicyclic amines) is 1. The van der Waals surface area contributed by atoms with Gasteiger partial charge in [-0.05, 0) is 32.1 Å². The van der Waals surface area contributed by atoms with Crippen molar-refractivity contribution in [3.05, 3.63) is 16.1 Å². The maximum atomic E-state index is 12.3. The Bertz CT molecular complexity index is 442. The van der Waals surface area contributed by atoms with Crippen LogP contribution in [0.4, 0.5) is 0 Å². The van der Waals surface area contributed by atoms with Gasteiger partial charge in [0.1, 0.15) is 4.88 Å². The fourth-order valence-electron chi connectivity index (χ4n) is 2.26. The number of hydrogen-bond donors (Lipinski definition) is 0. The molecule has 1 unspecified atom stereocenters. The van der Waals surface area contributed by atoms with Gasteiger partial charge in [-0.2, -0.15) is 0 Å². The summed E-state index contributed by atoms with van der Waals surface area (Å²) in [5, 5.41) is 0. The summed E-state index contributed by atoms with van der Waals surface area (Å²) in [6, 6.07) is 0. The van der Waals surface area contributed by atoms with E-state index in [2.05, 4.69) is 4.98 Å². The van der Waals surface area contributed by atoms with Crippen molar-refractivity contribution in [1.29, 1.82) is 0 Å². The van der Waals surface area contributed by atoms with Gasteiger partial charge in [-0.1, -0.05) is 0 Å². The Morgan fingerprint density at radius 2 is 2.39 bits per heavy atom. The highest BCUT2D eigenvalue weighted by Gasteiger charge is 2.30. The van der Waals surface area contributed by atoms with Gasteiger partial charge in [-0.15, -0.1) is 11.3 Å². The van der Waals surface area contributed by atoms with Crippen molar-refractivity contribution in [3.8, 4) is 0 Å².